The van der Waals surface area contributed by atoms with Crippen LogP contribution in [-0.2, 0) is 17.8 Å². The number of fused-ring (bicyclic) bond motifs is 1. The van der Waals surface area contributed by atoms with Crippen LogP contribution in [0.3, 0.4) is 0 Å². The minimum atomic E-state index is -0.986. The summed E-state index contributed by atoms with van der Waals surface area (Å²) in [5, 5.41) is 13.2. The maximum atomic E-state index is 12.6. The number of carboxylic acid groups (broad SMARTS) is 1. The highest BCUT2D eigenvalue weighted by atomic mass is 16.4. The summed E-state index contributed by atoms with van der Waals surface area (Å²) in [6.07, 6.45) is 5.27. The van der Waals surface area contributed by atoms with Gasteiger partial charge in [0.15, 0.2) is 0 Å². The molecule has 1 aromatic heterocycles. The normalized spacial score (nSPS) is 15.5. The van der Waals surface area contributed by atoms with Gasteiger partial charge in [-0.25, -0.2) is 0 Å². The number of rotatable bonds is 5. The molecule has 0 aromatic carbocycles. The van der Waals surface area contributed by atoms with Gasteiger partial charge < -0.3 is 10.0 Å². The maximum absolute atomic E-state index is 12.6. The van der Waals surface area contributed by atoms with Gasteiger partial charge in [-0.05, 0) is 32.6 Å². The molecule has 1 aromatic rings. The van der Waals surface area contributed by atoms with Gasteiger partial charge in [0.05, 0.1) is 17.5 Å². The molecule has 6 heteroatoms. The molecule has 1 N–H and O–H groups in total. The molecule has 0 bridgehead atoms. The third kappa shape index (κ3) is 2.84. The molecule has 0 spiro atoms. The van der Waals surface area contributed by atoms with E-state index in [1.807, 2.05) is 18.5 Å². The fourth-order valence-electron chi connectivity index (χ4n) is 2.55. The van der Waals surface area contributed by atoms with Crippen molar-refractivity contribution in [1.82, 2.24) is 14.7 Å². The van der Waals surface area contributed by atoms with Gasteiger partial charge in [0.2, 0.25) is 0 Å². The summed E-state index contributed by atoms with van der Waals surface area (Å²) < 4.78 is 1.87. The summed E-state index contributed by atoms with van der Waals surface area (Å²) in [4.78, 5) is 25.0. The predicted octanol–water partition coefficient (Wildman–Crippen LogP) is 1.54. The molecule has 1 atom stereocenters. The van der Waals surface area contributed by atoms with E-state index in [1.54, 1.807) is 6.20 Å². The summed E-state index contributed by atoms with van der Waals surface area (Å²) in [5.74, 6) is -1.20. The largest absolute Gasteiger partial charge is 0.480 e. The van der Waals surface area contributed by atoms with Crippen LogP contribution in [0.15, 0.2) is 6.20 Å². The number of aliphatic carboxylic acids is 1. The molecule has 1 aliphatic rings. The maximum Gasteiger partial charge on any atom is 0.323 e. The number of carbonyl (C=O) groups is 2. The van der Waals surface area contributed by atoms with Crippen molar-refractivity contribution in [3.05, 3.63) is 17.5 Å². The minimum Gasteiger partial charge on any atom is -0.480 e. The van der Waals surface area contributed by atoms with Crippen LogP contribution in [0.4, 0.5) is 0 Å². The van der Waals surface area contributed by atoms with Crippen molar-refractivity contribution in [2.45, 2.75) is 52.1 Å². The number of hydrogen-bond donors (Lipinski definition) is 1. The third-order valence-electron chi connectivity index (χ3n) is 3.90. The number of carbonyl (C=O) groups excluding carboxylic acids is 1. The summed E-state index contributed by atoms with van der Waals surface area (Å²) in [6, 6.07) is -0.0993. The van der Waals surface area contributed by atoms with Gasteiger partial charge in [0, 0.05) is 12.6 Å². The zero-order valence-corrected chi connectivity index (χ0v) is 12.0. The number of hydrogen-bond acceptors (Lipinski definition) is 3. The van der Waals surface area contributed by atoms with E-state index >= 15 is 0 Å². The van der Waals surface area contributed by atoms with Crippen molar-refractivity contribution in [1.29, 1.82) is 0 Å². The molecule has 110 valence electrons. The average molecular weight is 279 g/mol. The summed E-state index contributed by atoms with van der Waals surface area (Å²) in [5.41, 5.74) is 1.51. The van der Waals surface area contributed by atoms with Crippen LogP contribution >= 0.6 is 0 Å². The summed E-state index contributed by atoms with van der Waals surface area (Å²) in [6.45, 7) is 4.39. The second-order valence-corrected chi connectivity index (χ2v) is 5.27. The average Bonchev–Trinajstić information content (AvgIpc) is 2.87. The molecule has 0 saturated heterocycles. The first-order valence-electron chi connectivity index (χ1n) is 7.12. The Morgan fingerprint density at radius 3 is 2.90 bits per heavy atom. The zero-order valence-electron chi connectivity index (χ0n) is 12.0. The number of amides is 1. The molecule has 0 aliphatic carbocycles. The number of carboxylic acids is 1. The van der Waals surface area contributed by atoms with E-state index in [9.17, 15) is 9.59 Å². The first-order chi connectivity index (χ1) is 9.54. The second-order valence-electron chi connectivity index (χ2n) is 5.27. The predicted molar refractivity (Wildman–Crippen MR) is 73.6 cm³/mol. The Kier molecular flexibility index (Phi) is 4.42. The van der Waals surface area contributed by atoms with E-state index in [2.05, 4.69) is 5.10 Å². The van der Waals surface area contributed by atoms with Crippen LogP contribution in [0.5, 0.6) is 0 Å². The van der Waals surface area contributed by atoms with Crippen LogP contribution < -0.4 is 0 Å². The van der Waals surface area contributed by atoms with Gasteiger partial charge in [-0.3, -0.25) is 14.3 Å². The minimum absolute atomic E-state index is 0.0993. The monoisotopic (exact) mass is 279 g/mol. The quantitative estimate of drug-likeness (QED) is 0.887. The first kappa shape index (κ1) is 14.6. The topological polar surface area (TPSA) is 75.4 Å². The Hall–Kier alpha value is -1.85. The second kappa shape index (κ2) is 6.07. The van der Waals surface area contributed by atoms with E-state index in [1.165, 1.54) is 4.90 Å². The van der Waals surface area contributed by atoms with E-state index in [0.717, 1.165) is 37.9 Å². The molecule has 2 rings (SSSR count). The van der Waals surface area contributed by atoms with Crippen molar-refractivity contribution < 1.29 is 14.7 Å². The van der Waals surface area contributed by atoms with E-state index in [4.69, 9.17) is 5.11 Å². The van der Waals surface area contributed by atoms with Crippen LogP contribution in [0, 0.1) is 0 Å². The third-order valence-corrected chi connectivity index (χ3v) is 3.90. The van der Waals surface area contributed by atoms with Crippen LogP contribution in [0.2, 0.25) is 0 Å². The van der Waals surface area contributed by atoms with Gasteiger partial charge in [-0.2, -0.15) is 5.10 Å². The number of aryl methyl sites for hydroxylation is 1. The first-order valence-corrected chi connectivity index (χ1v) is 7.12. The molecular weight excluding hydrogens is 258 g/mol. The van der Waals surface area contributed by atoms with Gasteiger partial charge in [0.25, 0.3) is 5.91 Å². The summed E-state index contributed by atoms with van der Waals surface area (Å²) in [7, 11) is 0. The molecule has 1 amide bonds. The lowest BCUT2D eigenvalue weighted by Gasteiger charge is -2.27. The molecule has 6 nitrogen and oxygen atoms in total. The van der Waals surface area contributed by atoms with E-state index < -0.39 is 5.97 Å². The molecule has 0 fully saturated rings. The van der Waals surface area contributed by atoms with Crippen molar-refractivity contribution in [3.8, 4) is 0 Å². The van der Waals surface area contributed by atoms with Gasteiger partial charge >= 0.3 is 5.97 Å². The Balaban J connectivity index is 2.27. The van der Waals surface area contributed by atoms with Gasteiger partial charge in [0.1, 0.15) is 6.54 Å². The summed E-state index contributed by atoms with van der Waals surface area (Å²) >= 11 is 0. The van der Waals surface area contributed by atoms with Gasteiger partial charge in [-0.15, -0.1) is 0 Å². The molecule has 1 unspecified atom stereocenters. The fourth-order valence-corrected chi connectivity index (χ4v) is 2.55. The van der Waals surface area contributed by atoms with Crippen LogP contribution in [0.25, 0.3) is 0 Å². The Morgan fingerprint density at radius 2 is 2.25 bits per heavy atom. The van der Waals surface area contributed by atoms with Gasteiger partial charge in [-0.1, -0.05) is 6.92 Å². The molecule has 20 heavy (non-hydrogen) atoms. The van der Waals surface area contributed by atoms with Crippen molar-refractivity contribution >= 4 is 11.9 Å². The highest BCUT2D eigenvalue weighted by Crippen LogP contribution is 2.20. The molecule has 1 aliphatic heterocycles. The van der Waals surface area contributed by atoms with E-state index in [-0.39, 0.29) is 18.5 Å². The lowest BCUT2D eigenvalue weighted by molar-refractivity contribution is -0.138. The zero-order chi connectivity index (χ0) is 14.7. The Bertz CT molecular complexity index is 510. The standard InChI is InChI=1S/C14H21N3O3/c1-3-10(2)16(9-13(18)19)14(20)11-8-15-17-7-5-4-6-12(11)17/h8,10H,3-7,9H2,1-2H3,(H,18,19). The Labute approximate surface area is 118 Å². The van der Waals surface area contributed by atoms with Crippen molar-refractivity contribution in [2.24, 2.45) is 0 Å². The molecular formula is C14H21N3O3. The van der Waals surface area contributed by atoms with Crippen LogP contribution in [-0.4, -0.2) is 44.3 Å². The molecule has 0 saturated carbocycles. The highest BCUT2D eigenvalue weighted by Gasteiger charge is 2.27. The van der Waals surface area contributed by atoms with Crippen molar-refractivity contribution in [3.63, 3.8) is 0 Å². The molecule has 2 heterocycles. The Morgan fingerprint density at radius 1 is 1.50 bits per heavy atom. The number of aromatic nitrogens is 2. The van der Waals surface area contributed by atoms with E-state index in [0.29, 0.717) is 5.56 Å². The fraction of sp³-hybridized carbons (Fsp3) is 0.643. The highest BCUT2D eigenvalue weighted by molar-refractivity contribution is 5.97. The van der Waals surface area contributed by atoms with Crippen molar-refractivity contribution in [2.75, 3.05) is 6.54 Å². The number of nitrogens with zero attached hydrogens (tertiary/aromatic N) is 3. The smallest absolute Gasteiger partial charge is 0.323 e. The lowest BCUT2D eigenvalue weighted by atomic mass is 10.1. The van der Waals surface area contributed by atoms with Crippen LogP contribution in [0.1, 0.15) is 49.2 Å². The lowest BCUT2D eigenvalue weighted by Crippen LogP contribution is -2.42. The molecule has 0 radical (unpaired) electrons. The SMILES string of the molecule is CCC(C)N(CC(=O)O)C(=O)c1cnn2c1CCCC2.